The molecule has 0 saturated carbocycles. The molecular weight excluding hydrogens is 476 g/mol. The Labute approximate surface area is 204 Å². The lowest BCUT2D eigenvalue weighted by Gasteiger charge is -2.14. The van der Waals surface area contributed by atoms with Gasteiger partial charge >= 0.3 is 6.18 Å². The predicted octanol–water partition coefficient (Wildman–Crippen LogP) is 5.06. The normalized spacial score (nSPS) is 11.4. The third-order valence-electron chi connectivity index (χ3n) is 5.47. The van der Waals surface area contributed by atoms with Crippen molar-refractivity contribution in [2.45, 2.75) is 32.7 Å². The van der Waals surface area contributed by atoms with Crippen LogP contribution in [-0.2, 0) is 25.8 Å². The molecule has 0 radical (unpaired) electrons. The van der Waals surface area contributed by atoms with Gasteiger partial charge in [0, 0.05) is 42.3 Å². The van der Waals surface area contributed by atoms with Crippen LogP contribution < -0.4 is 10.6 Å². The highest BCUT2D eigenvalue weighted by Gasteiger charge is 2.33. The number of aromatic nitrogens is 4. The molecule has 36 heavy (non-hydrogen) atoms. The second-order valence-corrected chi connectivity index (χ2v) is 7.84. The highest BCUT2D eigenvalue weighted by atomic mass is 19.4. The Hall–Kier alpha value is -4.28. The molecule has 4 rings (SSSR count). The van der Waals surface area contributed by atoms with Gasteiger partial charge in [0.2, 0.25) is 0 Å². The monoisotopic (exact) mass is 498 g/mol. The number of carbonyl (C=O) groups excluding carboxylic acids is 1. The quantitative estimate of drug-likeness (QED) is 0.332. The fourth-order valence-electron chi connectivity index (χ4n) is 3.73. The van der Waals surface area contributed by atoms with Crippen LogP contribution in [0.2, 0.25) is 0 Å². The van der Waals surface area contributed by atoms with Crippen molar-refractivity contribution in [1.82, 2.24) is 25.1 Å². The van der Waals surface area contributed by atoms with Crippen molar-refractivity contribution in [3.8, 4) is 11.4 Å². The number of benzene rings is 2. The number of alkyl halides is 3. The average Bonchev–Trinajstić information content (AvgIpc) is 3.29. The molecule has 0 aliphatic heterocycles. The summed E-state index contributed by atoms with van der Waals surface area (Å²) in [4.78, 5) is 16.6. The summed E-state index contributed by atoms with van der Waals surface area (Å²) in [5.41, 5.74) is 0.385. The first-order chi connectivity index (χ1) is 17.3. The fraction of sp³-hybridized carbons (Fsp3) is 0.200. The Kier molecular flexibility index (Phi) is 7.28. The molecule has 0 aliphatic rings. The summed E-state index contributed by atoms with van der Waals surface area (Å²) < 4.78 is 55.1. The van der Waals surface area contributed by atoms with Crippen LogP contribution in [-0.4, -0.2) is 25.7 Å². The number of halogens is 4. The molecule has 0 fully saturated rings. The predicted molar refractivity (Wildman–Crippen MR) is 125 cm³/mol. The van der Waals surface area contributed by atoms with E-state index in [4.69, 9.17) is 0 Å². The van der Waals surface area contributed by atoms with Gasteiger partial charge in [-0.05, 0) is 61.0 Å². The van der Waals surface area contributed by atoms with Crippen LogP contribution in [0.5, 0.6) is 0 Å². The van der Waals surface area contributed by atoms with E-state index in [-0.39, 0.29) is 11.1 Å². The van der Waals surface area contributed by atoms with Crippen LogP contribution >= 0.6 is 0 Å². The number of nitrogens with one attached hydrogen (secondary N) is 2. The highest BCUT2D eigenvalue weighted by Crippen LogP contribution is 2.32. The lowest BCUT2D eigenvalue weighted by molar-refractivity contribution is -0.138. The Morgan fingerprint density at radius 2 is 1.78 bits per heavy atom. The number of rotatable bonds is 8. The smallest absolute Gasteiger partial charge is 0.378 e. The lowest BCUT2D eigenvalue weighted by Crippen LogP contribution is -2.24. The summed E-state index contributed by atoms with van der Waals surface area (Å²) >= 11 is 0. The van der Waals surface area contributed by atoms with Gasteiger partial charge in [0.05, 0.1) is 12.1 Å². The maximum Gasteiger partial charge on any atom is 0.416 e. The van der Waals surface area contributed by atoms with Crippen molar-refractivity contribution >= 4 is 11.6 Å². The van der Waals surface area contributed by atoms with E-state index in [1.165, 1.54) is 6.07 Å². The van der Waals surface area contributed by atoms with Crippen LogP contribution in [0.25, 0.3) is 11.4 Å². The number of nitrogens with zero attached hydrogens (tertiary/aromatic N) is 4. The van der Waals surface area contributed by atoms with E-state index in [1.807, 2.05) is 23.6 Å². The van der Waals surface area contributed by atoms with Gasteiger partial charge in [-0.1, -0.05) is 6.07 Å². The highest BCUT2D eigenvalue weighted by molar-refractivity contribution is 5.95. The van der Waals surface area contributed by atoms with E-state index >= 15 is 0 Å². The molecule has 0 atom stereocenters. The summed E-state index contributed by atoms with van der Waals surface area (Å²) in [6.07, 6.45) is -1.30. The number of pyridine rings is 1. The maximum atomic E-state index is 13.5. The fourth-order valence-corrected chi connectivity index (χ4v) is 3.73. The van der Waals surface area contributed by atoms with Gasteiger partial charge in [-0.3, -0.25) is 9.78 Å². The molecule has 2 N–H and O–H groups in total. The van der Waals surface area contributed by atoms with Crippen LogP contribution in [0.15, 0.2) is 67.0 Å². The Bertz CT molecular complexity index is 1350. The number of carbonyl (C=O) groups is 1. The molecule has 11 heteroatoms. The van der Waals surface area contributed by atoms with E-state index in [0.717, 1.165) is 17.7 Å². The molecule has 0 bridgehead atoms. The number of hydrogen-bond acceptors (Lipinski definition) is 5. The molecule has 0 saturated heterocycles. The minimum atomic E-state index is -4.66. The SMILES string of the molecule is CCn1c(CNc2cccc(C(=O)NCc3cc(F)ccc3C(F)(F)F)c2)nnc1-c1ccncc1. The number of amides is 1. The molecular formula is C25H22F4N6O. The van der Waals surface area contributed by atoms with Gasteiger partial charge in [0.1, 0.15) is 5.82 Å². The van der Waals surface area contributed by atoms with Crippen molar-refractivity contribution in [3.05, 3.63) is 95.3 Å². The van der Waals surface area contributed by atoms with Crippen LogP contribution in [0.4, 0.5) is 23.2 Å². The van der Waals surface area contributed by atoms with Crippen molar-refractivity contribution in [2.24, 2.45) is 0 Å². The van der Waals surface area contributed by atoms with E-state index in [0.29, 0.717) is 36.5 Å². The second kappa shape index (κ2) is 10.5. The summed E-state index contributed by atoms with van der Waals surface area (Å²) in [5, 5.41) is 14.2. The molecule has 0 unspecified atom stereocenters. The van der Waals surface area contributed by atoms with Crippen LogP contribution in [0.1, 0.15) is 34.2 Å². The van der Waals surface area contributed by atoms with Crippen molar-refractivity contribution in [2.75, 3.05) is 5.32 Å². The molecule has 186 valence electrons. The largest absolute Gasteiger partial charge is 0.416 e. The first-order valence-electron chi connectivity index (χ1n) is 11.1. The molecule has 7 nitrogen and oxygen atoms in total. The Balaban J connectivity index is 1.43. The van der Waals surface area contributed by atoms with E-state index in [2.05, 4.69) is 25.8 Å². The van der Waals surface area contributed by atoms with Gasteiger partial charge in [-0.2, -0.15) is 13.2 Å². The molecule has 2 aromatic heterocycles. The molecule has 0 spiro atoms. The van der Waals surface area contributed by atoms with Gasteiger partial charge in [0.25, 0.3) is 5.91 Å². The van der Waals surface area contributed by atoms with Gasteiger partial charge in [-0.25, -0.2) is 4.39 Å². The van der Waals surface area contributed by atoms with E-state index in [9.17, 15) is 22.4 Å². The Morgan fingerprint density at radius 1 is 1.00 bits per heavy atom. The van der Waals surface area contributed by atoms with Crippen LogP contribution in [0, 0.1) is 5.82 Å². The van der Waals surface area contributed by atoms with Crippen molar-refractivity contribution < 1.29 is 22.4 Å². The van der Waals surface area contributed by atoms with Crippen molar-refractivity contribution in [3.63, 3.8) is 0 Å². The average molecular weight is 498 g/mol. The molecule has 1 amide bonds. The van der Waals surface area contributed by atoms with Gasteiger partial charge in [-0.15, -0.1) is 10.2 Å². The summed E-state index contributed by atoms with van der Waals surface area (Å²) in [6.45, 7) is 2.48. The van der Waals surface area contributed by atoms with E-state index in [1.54, 1.807) is 30.6 Å². The minimum absolute atomic E-state index is 0.236. The Morgan fingerprint density at radius 3 is 2.50 bits per heavy atom. The van der Waals surface area contributed by atoms with Crippen LogP contribution in [0.3, 0.4) is 0 Å². The number of hydrogen-bond donors (Lipinski definition) is 2. The zero-order valence-electron chi connectivity index (χ0n) is 19.2. The topological polar surface area (TPSA) is 84.7 Å². The number of anilines is 1. The zero-order valence-corrected chi connectivity index (χ0v) is 19.2. The molecule has 2 aromatic carbocycles. The summed E-state index contributed by atoms with van der Waals surface area (Å²) in [6, 6.07) is 12.4. The lowest BCUT2D eigenvalue weighted by atomic mass is 10.1. The minimum Gasteiger partial charge on any atom is -0.378 e. The second-order valence-electron chi connectivity index (χ2n) is 7.84. The zero-order chi connectivity index (χ0) is 25.7. The van der Waals surface area contributed by atoms with Gasteiger partial charge in [0.15, 0.2) is 11.6 Å². The van der Waals surface area contributed by atoms with Crippen molar-refractivity contribution in [1.29, 1.82) is 0 Å². The molecule has 0 aliphatic carbocycles. The van der Waals surface area contributed by atoms with E-state index < -0.39 is 30.0 Å². The third-order valence-corrected chi connectivity index (χ3v) is 5.47. The van der Waals surface area contributed by atoms with Gasteiger partial charge < -0.3 is 15.2 Å². The maximum absolute atomic E-state index is 13.5. The first-order valence-corrected chi connectivity index (χ1v) is 11.1. The first kappa shape index (κ1) is 24.8. The molecule has 2 heterocycles. The molecule has 4 aromatic rings. The third kappa shape index (κ3) is 5.68. The summed E-state index contributed by atoms with van der Waals surface area (Å²) in [5.74, 6) is -0.0106. The summed E-state index contributed by atoms with van der Waals surface area (Å²) in [7, 11) is 0. The standard InChI is InChI=1S/C25H22F4N6O/c1-2-35-22(33-34-23(35)16-8-10-30-11-9-16)15-31-20-5-3-4-17(13-20)24(36)32-14-18-12-19(26)6-7-21(18)25(27,28)29/h3-13,31H,2,14-15H2,1H3,(H,32,36).